The van der Waals surface area contributed by atoms with Crippen molar-refractivity contribution in [1.29, 1.82) is 0 Å². The van der Waals surface area contributed by atoms with Gasteiger partial charge >= 0.3 is 0 Å². The number of benzene rings is 2. The van der Waals surface area contributed by atoms with Crippen LogP contribution in [0.4, 0.5) is 0 Å². The molecular formula is C22H24N4O4S. The zero-order valence-corrected chi connectivity index (χ0v) is 18.0. The van der Waals surface area contributed by atoms with Gasteiger partial charge in [0.25, 0.3) is 5.91 Å². The Hall–Kier alpha value is -3.04. The molecule has 1 aromatic heterocycles. The predicted octanol–water partition coefficient (Wildman–Crippen LogP) is 3.40. The number of carbonyl (C=O) groups is 1. The van der Waals surface area contributed by atoms with E-state index in [0.717, 1.165) is 19.3 Å². The Morgan fingerprint density at radius 2 is 1.71 bits per heavy atom. The van der Waals surface area contributed by atoms with Gasteiger partial charge in [-0.3, -0.25) is 4.79 Å². The number of hydrogen-bond donors (Lipinski definition) is 1. The molecule has 2 aromatic carbocycles. The van der Waals surface area contributed by atoms with E-state index < -0.39 is 16.1 Å². The lowest BCUT2D eigenvalue weighted by Crippen LogP contribution is -2.35. The quantitative estimate of drug-likeness (QED) is 0.630. The number of nitrogens with one attached hydrogen (secondary N) is 1. The average Bonchev–Trinajstić information content (AvgIpc) is 3.31. The van der Waals surface area contributed by atoms with Crippen LogP contribution in [-0.2, 0) is 10.0 Å². The van der Waals surface area contributed by atoms with Crippen LogP contribution in [0.3, 0.4) is 0 Å². The second kappa shape index (κ2) is 8.99. The number of hydrogen-bond acceptors (Lipinski definition) is 6. The van der Waals surface area contributed by atoms with Crippen molar-refractivity contribution in [3.05, 3.63) is 66.1 Å². The molecule has 9 heteroatoms. The van der Waals surface area contributed by atoms with Crippen molar-refractivity contribution < 1.29 is 17.7 Å². The molecule has 3 aromatic rings. The number of carbonyl (C=O) groups excluding carboxylic acids is 1. The summed E-state index contributed by atoms with van der Waals surface area (Å²) in [6, 6.07) is 14.9. The fourth-order valence-corrected chi connectivity index (χ4v) is 5.01. The minimum atomic E-state index is -3.49. The number of aromatic nitrogens is 2. The Balaban J connectivity index is 1.45. The van der Waals surface area contributed by atoms with E-state index in [2.05, 4.69) is 15.5 Å². The van der Waals surface area contributed by atoms with Gasteiger partial charge in [0, 0.05) is 24.2 Å². The van der Waals surface area contributed by atoms with Crippen molar-refractivity contribution >= 4 is 15.9 Å². The van der Waals surface area contributed by atoms with E-state index in [1.54, 1.807) is 55.5 Å². The summed E-state index contributed by atoms with van der Waals surface area (Å²) in [5, 5.41) is 6.79. The fourth-order valence-electron chi connectivity index (χ4n) is 3.49. The van der Waals surface area contributed by atoms with Gasteiger partial charge in [-0.1, -0.05) is 29.8 Å². The van der Waals surface area contributed by atoms with Crippen molar-refractivity contribution in [2.45, 2.75) is 37.1 Å². The molecular weight excluding hydrogens is 416 g/mol. The third kappa shape index (κ3) is 4.67. The largest absolute Gasteiger partial charge is 0.341 e. The molecule has 1 saturated heterocycles. The van der Waals surface area contributed by atoms with Crippen LogP contribution in [0.15, 0.2) is 64.0 Å². The summed E-state index contributed by atoms with van der Waals surface area (Å²) in [7, 11) is -3.49. The van der Waals surface area contributed by atoms with Gasteiger partial charge in [0.05, 0.1) is 4.90 Å². The normalized spacial score (nSPS) is 16.0. The monoisotopic (exact) mass is 440 g/mol. The summed E-state index contributed by atoms with van der Waals surface area (Å²) >= 11 is 0. The van der Waals surface area contributed by atoms with E-state index in [-0.39, 0.29) is 16.7 Å². The van der Waals surface area contributed by atoms with E-state index in [4.69, 9.17) is 4.52 Å². The molecule has 0 spiro atoms. The number of amides is 1. The van der Waals surface area contributed by atoms with Crippen LogP contribution in [-0.4, -0.2) is 41.9 Å². The van der Waals surface area contributed by atoms with Gasteiger partial charge in [-0.05, 0) is 56.2 Å². The lowest BCUT2D eigenvalue weighted by atomic mass is 10.2. The molecule has 1 N–H and O–H groups in total. The van der Waals surface area contributed by atoms with Gasteiger partial charge in [-0.2, -0.15) is 9.29 Å². The molecule has 0 saturated carbocycles. The molecule has 0 unspecified atom stereocenters. The van der Waals surface area contributed by atoms with Gasteiger partial charge in [0.15, 0.2) is 0 Å². The van der Waals surface area contributed by atoms with Crippen LogP contribution in [0.25, 0.3) is 11.4 Å². The van der Waals surface area contributed by atoms with Crippen molar-refractivity contribution in [3.8, 4) is 11.4 Å². The van der Waals surface area contributed by atoms with Crippen LogP contribution in [0.2, 0.25) is 0 Å². The minimum Gasteiger partial charge on any atom is -0.341 e. The molecule has 8 nitrogen and oxygen atoms in total. The van der Waals surface area contributed by atoms with Crippen molar-refractivity contribution in [3.63, 3.8) is 0 Å². The summed E-state index contributed by atoms with van der Waals surface area (Å²) in [5.74, 6) is 0.363. The Labute approximate surface area is 181 Å². The van der Waals surface area contributed by atoms with Gasteiger partial charge in [0.2, 0.25) is 21.7 Å². The first-order chi connectivity index (χ1) is 14.9. The molecule has 0 bridgehead atoms. The topological polar surface area (TPSA) is 105 Å². The lowest BCUT2D eigenvalue weighted by molar-refractivity contribution is 0.0932. The molecule has 4 rings (SSSR count). The first-order valence-electron chi connectivity index (χ1n) is 10.3. The molecule has 2 heterocycles. The molecule has 0 aliphatic carbocycles. The highest BCUT2D eigenvalue weighted by Crippen LogP contribution is 2.24. The maximum atomic E-state index is 12.8. The minimum absolute atomic E-state index is 0.236. The van der Waals surface area contributed by atoms with Crippen LogP contribution in [0.1, 0.15) is 48.5 Å². The van der Waals surface area contributed by atoms with Crippen LogP contribution in [0.5, 0.6) is 0 Å². The molecule has 1 atom stereocenters. The number of rotatable bonds is 6. The Morgan fingerprint density at radius 3 is 2.39 bits per heavy atom. The van der Waals surface area contributed by atoms with Gasteiger partial charge in [0.1, 0.15) is 6.04 Å². The Morgan fingerprint density at radius 1 is 1.03 bits per heavy atom. The molecule has 1 fully saturated rings. The van der Waals surface area contributed by atoms with Crippen LogP contribution >= 0.6 is 0 Å². The van der Waals surface area contributed by atoms with E-state index in [0.29, 0.717) is 30.0 Å². The lowest BCUT2D eigenvalue weighted by Gasteiger charge is -2.25. The third-order valence-corrected chi connectivity index (χ3v) is 7.17. The third-order valence-electron chi connectivity index (χ3n) is 5.26. The van der Waals surface area contributed by atoms with E-state index in [9.17, 15) is 13.2 Å². The summed E-state index contributed by atoms with van der Waals surface area (Å²) in [6.07, 6.45) is 2.85. The molecule has 162 valence electrons. The van der Waals surface area contributed by atoms with Crippen LogP contribution in [0, 0.1) is 0 Å². The smallest absolute Gasteiger partial charge is 0.251 e. The highest BCUT2D eigenvalue weighted by molar-refractivity contribution is 7.89. The summed E-state index contributed by atoms with van der Waals surface area (Å²) in [5.41, 5.74) is 1.17. The predicted molar refractivity (Wildman–Crippen MR) is 115 cm³/mol. The molecule has 1 aliphatic rings. The highest BCUT2D eigenvalue weighted by atomic mass is 32.2. The van der Waals surface area contributed by atoms with Crippen molar-refractivity contribution in [2.75, 3.05) is 13.1 Å². The molecule has 0 radical (unpaired) electrons. The van der Waals surface area contributed by atoms with Gasteiger partial charge in [-0.15, -0.1) is 0 Å². The standard InChI is InChI=1S/C22H24N4O4S/c1-16(23-21(27)18-8-4-2-5-9-18)22-24-20(25-30-22)17-10-12-19(13-11-17)31(28,29)26-14-6-3-7-15-26/h2,4-5,8-13,16H,3,6-7,14-15H2,1H3,(H,23,27)/t16-/m1/s1. The molecule has 31 heavy (non-hydrogen) atoms. The first kappa shape index (κ1) is 21.2. The second-order valence-corrected chi connectivity index (χ2v) is 9.44. The maximum absolute atomic E-state index is 12.8. The zero-order chi connectivity index (χ0) is 21.8. The Kier molecular flexibility index (Phi) is 6.15. The number of piperidine rings is 1. The average molecular weight is 441 g/mol. The molecule has 1 aliphatic heterocycles. The van der Waals surface area contributed by atoms with E-state index in [1.165, 1.54) is 4.31 Å². The van der Waals surface area contributed by atoms with E-state index in [1.807, 2.05) is 6.07 Å². The van der Waals surface area contributed by atoms with Gasteiger partial charge < -0.3 is 9.84 Å². The zero-order valence-electron chi connectivity index (χ0n) is 17.2. The van der Waals surface area contributed by atoms with Gasteiger partial charge in [-0.25, -0.2) is 8.42 Å². The Bertz CT molecular complexity index is 1140. The second-order valence-electron chi connectivity index (χ2n) is 7.51. The van der Waals surface area contributed by atoms with Crippen molar-refractivity contribution in [2.24, 2.45) is 0 Å². The fraction of sp³-hybridized carbons (Fsp3) is 0.318. The summed E-state index contributed by atoms with van der Waals surface area (Å²) in [6.45, 7) is 2.88. The number of nitrogens with zero attached hydrogens (tertiary/aromatic N) is 3. The van der Waals surface area contributed by atoms with Crippen LogP contribution < -0.4 is 5.32 Å². The maximum Gasteiger partial charge on any atom is 0.251 e. The number of sulfonamides is 1. The summed E-state index contributed by atoms with van der Waals surface area (Å²) in [4.78, 5) is 16.9. The summed E-state index contributed by atoms with van der Waals surface area (Å²) < 4.78 is 32.4. The molecule has 1 amide bonds. The highest BCUT2D eigenvalue weighted by Gasteiger charge is 2.26. The van der Waals surface area contributed by atoms with Crippen molar-refractivity contribution in [1.82, 2.24) is 19.8 Å². The van der Waals surface area contributed by atoms with E-state index >= 15 is 0 Å². The first-order valence-corrected chi connectivity index (χ1v) is 11.7. The SMILES string of the molecule is C[C@@H](NC(=O)c1ccccc1)c1nc(-c2ccc(S(=O)(=O)N3CCCCC3)cc2)no1.